The molecule has 0 aliphatic carbocycles. The minimum atomic E-state index is -0.894. The predicted molar refractivity (Wildman–Crippen MR) is 41.4 cm³/mol. The van der Waals surface area contributed by atoms with Crippen LogP contribution in [0.25, 0.3) is 0 Å². The molecule has 0 aromatic carbocycles. The molecule has 0 radical (unpaired) electrons. The second kappa shape index (κ2) is 4.42. The molecular formula is C8H17N2O2+. The number of carboxylic acids is 1. The van der Waals surface area contributed by atoms with Gasteiger partial charge in [0.15, 0.2) is 0 Å². The fraction of sp³-hybridized carbons (Fsp3) is 0.875. The van der Waals surface area contributed by atoms with Crippen LogP contribution in [-0.4, -0.2) is 38.2 Å². The summed E-state index contributed by atoms with van der Waals surface area (Å²) in [4.78, 5) is 11.9. The first kappa shape index (κ1) is 9.48. The number of aliphatic carboxylic acids is 1. The molecule has 1 atom stereocenters. The highest BCUT2D eigenvalue weighted by molar-refractivity contribution is 5.69. The van der Waals surface area contributed by atoms with E-state index < -0.39 is 5.97 Å². The van der Waals surface area contributed by atoms with Gasteiger partial charge in [-0.05, 0) is 0 Å². The van der Waals surface area contributed by atoms with Crippen LogP contribution in [-0.2, 0) is 4.79 Å². The fourth-order valence-electron chi connectivity index (χ4n) is 1.81. The van der Waals surface area contributed by atoms with Gasteiger partial charge in [-0.3, -0.25) is 0 Å². The molecule has 1 heterocycles. The molecule has 0 unspecified atom stereocenters. The van der Waals surface area contributed by atoms with Crippen molar-refractivity contribution < 1.29 is 20.1 Å². The molecule has 0 aromatic heterocycles. The van der Waals surface area contributed by atoms with Gasteiger partial charge in [-0.2, -0.15) is 0 Å². The average molecular weight is 173 g/mol. The number of hydrogen-bond donors (Lipinski definition) is 2. The average Bonchev–Trinajstić information content (AvgIpc) is 2.07. The third kappa shape index (κ3) is 2.19. The van der Waals surface area contributed by atoms with Crippen LogP contribution in [0.2, 0.25) is 0 Å². The van der Waals surface area contributed by atoms with Crippen molar-refractivity contribution in [2.75, 3.05) is 26.2 Å². The Kier molecular flexibility index (Phi) is 3.49. The van der Waals surface area contributed by atoms with Gasteiger partial charge >= 0.3 is 0 Å². The van der Waals surface area contributed by atoms with Gasteiger partial charge in [-0.1, -0.05) is 6.92 Å². The Morgan fingerprint density at radius 2 is 2.17 bits per heavy atom. The fourth-order valence-corrected chi connectivity index (χ4v) is 1.81. The minimum absolute atomic E-state index is 0.293. The van der Waals surface area contributed by atoms with Gasteiger partial charge < -0.3 is 20.1 Å². The zero-order chi connectivity index (χ0) is 8.97. The summed E-state index contributed by atoms with van der Waals surface area (Å²) >= 11 is 0. The number of rotatable bonds is 3. The van der Waals surface area contributed by atoms with E-state index in [0.29, 0.717) is 6.42 Å². The monoisotopic (exact) mass is 173 g/mol. The molecule has 12 heavy (non-hydrogen) atoms. The maximum Gasteiger partial charge on any atom is 0.128 e. The first-order valence-corrected chi connectivity index (χ1v) is 4.62. The Morgan fingerprint density at radius 1 is 1.58 bits per heavy atom. The van der Waals surface area contributed by atoms with E-state index >= 15 is 0 Å². The third-order valence-electron chi connectivity index (χ3n) is 2.52. The normalized spacial score (nSPS) is 22.1. The first-order chi connectivity index (χ1) is 5.75. The lowest BCUT2D eigenvalue weighted by molar-refractivity contribution is -0.961. The Morgan fingerprint density at radius 3 is 2.58 bits per heavy atom. The van der Waals surface area contributed by atoms with Gasteiger partial charge in [0.1, 0.15) is 32.2 Å². The van der Waals surface area contributed by atoms with Crippen molar-refractivity contribution in [2.24, 2.45) is 0 Å². The van der Waals surface area contributed by atoms with Crippen LogP contribution in [0.4, 0.5) is 0 Å². The van der Waals surface area contributed by atoms with Gasteiger partial charge in [0.25, 0.3) is 0 Å². The lowest BCUT2D eigenvalue weighted by Crippen LogP contribution is -3.24. The van der Waals surface area contributed by atoms with E-state index in [1.54, 1.807) is 0 Å². The van der Waals surface area contributed by atoms with Crippen molar-refractivity contribution in [3.63, 3.8) is 0 Å². The van der Waals surface area contributed by atoms with Crippen molar-refractivity contribution >= 4 is 5.97 Å². The van der Waals surface area contributed by atoms with Crippen LogP contribution in [0.1, 0.15) is 13.3 Å². The van der Waals surface area contributed by atoms with Crippen LogP contribution >= 0.6 is 0 Å². The van der Waals surface area contributed by atoms with Crippen molar-refractivity contribution in [2.45, 2.75) is 19.4 Å². The molecule has 1 aliphatic heterocycles. The van der Waals surface area contributed by atoms with Crippen LogP contribution in [0, 0.1) is 0 Å². The molecule has 4 nitrogen and oxygen atoms in total. The lowest BCUT2D eigenvalue weighted by atomic mass is 10.2. The molecular weight excluding hydrogens is 156 g/mol. The Balaban J connectivity index is 2.46. The second-order valence-electron chi connectivity index (χ2n) is 3.30. The molecule has 0 saturated carbocycles. The highest BCUT2D eigenvalue weighted by Gasteiger charge is 2.24. The number of hydrogen-bond acceptors (Lipinski definition) is 2. The number of carboxylic acid groups (broad SMARTS) is 1. The molecule has 0 bridgehead atoms. The summed E-state index contributed by atoms with van der Waals surface area (Å²) in [7, 11) is 0. The molecule has 70 valence electrons. The van der Waals surface area contributed by atoms with Gasteiger partial charge in [-0.25, -0.2) is 0 Å². The molecule has 1 saturated heterocycles. The van der Waals surface area contributed by atoms with Crippen LogP contribution in [0.15, 0.2) is 0 Å². The summed E-state index contributed by atoms with van der Waals surface area (Å²) in [6, 6.07) is -0.293. The number of quaternary nitrogens is 2. The van der Waals surface area contributed by atoms with Gasteiger partial charge in [0.2, 0.25) is 0 Å². The van der Waals surface area contributed by atoms with Crippen molar-refractivity contribution in [3.05, 3.63) is 0 Å². The number of carbonyl (C=O) groups is 1. The third-order valence-corrected chi connectivity index (χ3v) is 2.52. The van der Waals surface area contributed by atoms with Crippen molar-refractivity contribution in [1.82, 2.24) is 0 Å². The van der Waals surface area contributed by atoms with E-state index in [4.69, 9.17) is 0 Å². The summed E-state index contributed by atoms with van der Waals surface area (Å²) < 4.78 is 0. The standard InChI is InChI=1S/C8H16N2O2/c1-2-7(8(11)12)10-5-3-9-4-6-10/h7,9H,2-6H2,1H3,(H,11,12)/p+1/t7-/m1/s1. The predicted octanol–water partition coefficient (Wildman–Crippen LogP) is -4.02. The van der Waals surface area contributed by atoms with E-state index in [0.717, 1.165) is 26.2 Å². The number of nitrogens with two attached hydrogens (primary N) is 1. The molecule has 1 fully saturated rings. The van der Waals surface area contributed by atoms with Gasteiger partial charge in [0.05, 0.1) is 5.97 Å². The lowest BCUT2D eigenvalue weighted by Gasteiger charge is -2.30. The second-order valence-corrected chi connectivity index (χ2v) is 3.30. The van der Waals surface area contributed by atoms with Crippen LogP contribution in [0.5, 0.6) is 0 Å². The summed E-state index contributed by atoms with van der Waals surface area (Å²) in [5, 5.41) is 12.9. The molecule has 4 heteroatoms. The highest BCUT2D eigenvalue weighted by atomic mass is 16.4. The molecule has 3 N–H and O–H groups in total. The van der Waals surface area contributed by atoms with E-state index in [1.807, 2.05) is 6.92 Å². The SMILES string of the molecule is CC[C@H](C(=O)[O-])[NH+]1CC[NH2+]CC1. The van der Waals surface area contributed by atoms with Gasteiger partial charge in [-0.15, -0.1) is 0 Å². The molecule has 1 rings (SSSR count). The van der Waals surface area contributed by atoms with Crippen LogP contribution < -0.4 is 15.3 Å². The van der Waals surface area contributed by atoms with E-state index in [2.05, 4.69) is 5.32 Å². The van der Waals surface area contributed by atoms with Crippen molar-refractivity contribution in [3.8, 4) is 0 Å². The largest absolute Gasteiger partial charge is 0.544 e. The van der Waals surface area contributed by atoms with Crippen molar-refractivity contribution in [1.29, 1.82) is 0 Å². The summed E-state index contributed by atoms with van der Waals surface area (Å²) in [5.74, 6) is -0.894. The summed E-state index contributed by atoms with van der Waals surface area (Å²) in [6.45, 7) is 5.89. The maximum absolute atomic E-state index is 10.7. The summed E-state index contributed by atoms with van der Waals surface area (Å²) in [5.41, 5.74) is 0. The number of nitrogens with one attached hydrogen (secondary N) is 1. The molecule has 0 amide bonds. The number of piperazine rings is 1. The topological polar surface area (TPSA) is 61.2 Å². The van der Waals surface area contributed by atoms with Gasteiger partial charge in [0, 0.05) is 6.42 Å². The number of carbonyl (C=O) groups excluding carboxylic acids is 1. The Hall–Kier alpha value is -0.610. The maximum atomic E-state index is 10.7. The van der Waals surface area contributed by atoms with E-state index in [1.165, 1.54) is 4.90 Å². The zero-order valence-electron chi connectivity index (χ0n) is 7.51. The zero-order valence-corrected chi connectivity index (χ0v) is 7.51. The molecule has 0 aromatic rings. The highest BCUT2D eigenvalue weighted by Crippen LogP contribution is 1.82. The summed E-state index contributed by atoms with van der Waals surface area (Å²) in [6.07, 6.45) is 0.678. The Labute approximate surface area is 72.6 Å². The molecule has 1 aliphatic rings. The minimum Gasteiger partial charge on any atom is -0.544 e. The first-order valence-electron chi connectivity index (χ1n) is 4.62. The smallest absolute Gasteiger partial charge is 0.128 e. The quantitative estimate of drug-likeness (QED) is 0.457. The Bertz CT molecular complexity index is 155. The van der Waals surface area contributed by atoms with E-state index in [-0.39, 0.29) is 6.04 Å². The van der Waals surface area contributed by atoms with E-state index in [9.17, 15) is 9.90 Å². The van der Waals surface area contributed by atoms with Crippen LogP contribution in [0.3, 0.4) is 0 Å². The molecule has 0 spiro atoms.